The topological polar surface area (TPSA) is 63.4 Å². The molecule has 0 aromatic carbocycles. The first-order valence-electron chi connectivity index (χ1n) is 4.33. The standard InChI is InChI=1S/C8H13NO.CH3NO/c1-2-8(10)9-6-4-3-5-7-9;2-1-3/h2H,1,3-7H2;1H,(H2,2,3). The van der Waals surface area contributed by atoms with E-state index < -0.39 is 0 Å². The molecule has 0 aromatic heterocycles. The number of piperidine rings is 1. The van der Waals surface area contributed by atoms with Gasteiger partial charge in [-0.2, -0.15) is 0 Å². The Morgan fingerprint density at radius 2 is 1.77 bits per heavy atom. The lowest BCUT2D eigenvalue weighted by atomic mass is 10.1. The minimum absolute atomic E-state index is 0.0831. The van der Waals surface area contributed by atoms with Crippen LogP contribution in [0.15, 0.2) is 12.7 Å². The molecule has 1 saturated heterocycles. The van der Waals surface area contributed by atoms with Crippen LogP contribution in [0.3, 0.4) is 0 Å². The largest absolute Gasteiger partial charge is 0.372 e. The van der Waals surface area contributed by atoms with Gasteiger partial charge in [-0.05, 0) is 25.3 Å². The van der Waals surface area contributed by atoms with Crippen molar-refractivity contribution in [3.05, 3.63) is 12.7 Å². The summed E-state index contributed by atoms with van der Waals surface area (Å²) < 4.78 is 0. The van der Waals surface area contributed by atoms with Crippen LogP contribution in [0.25, 0.3) is 0 Å². The summed E-state index contributed by atoms with van der Waals surface area (Å²) in [6.45, 7) is 5.29. The van der Waals surface area contributed by atoms with Crippen LogP contribution in [0.1, 0.15) is 19.3 Å². The van der Waals surface area contributed by atoms with E-state index in [1.54, 1.807) is 0 Å². The zero-order chi connectivity index (χ0) is 10.1. The van der Waals surface area contributed by atoms with Crippen molar-refractivity contribution in [3.63, 3.8) is 0 Å². The molecule has 0 unspecified atom stereocenters. The molecule has 0 spiro atoms. The molecule has 2 N–H and O–H groups in total. The number of rotatable bonds is 1. The summed E-state index contributed by atoms with van der Waals surface area (Å²) in [5, 5.41) is 0. The molecule has 1 aliphatic rings. The van der Waals surface area contributed by atoms with Crippen LogP contribution in [0, 0.1) is 0 Å². The Bertz CT molecular complexity index is 174. The SMILES string of the molecule is C=CC(=O)N1CCCCC1.NC=O. The minimum Gasteiger partial charge on any atom is -0.372 e. The van der Waals surface area contributed by atoms with Crippen molar-refractivity contribution < 1.29 is 9.59 Å². The quantitative estimate of drug-likeness (QED) is 0.470. The predicted molar refractivity (Wildman–Crippen MR) is 50.9 cm³/mol. The van der Waals surface area contributed by atoms with Gasteiger partial charge in [-0.15, -0.1) is 0 Å². The van der Waals surface area contributed by atoms with Crippen LogP contribution >= 0.6 is 0 Å². The van der Waals surface area contributed by atoms with Crippen molar-refractivity contribution in [2.75, 3.05) is 13.1 Å². The normalized spacial score (nSPS) is 15.2. The molecule has 1 aliphatic heterocycles. The molecule has 0 bridgehead atoms. The molecule has 4 heteroatoms. The molecule has 1 fully saturated rings. The Balaban J connectivity index is 0.000000424. The van der Waals surface area contributed by atoms with Gasteiger partial charge in [0.05, 0.1) is 0 Å². The maximum atomic E-state index is 11.0. The number of nitrogens with two attached hydrogens (primary N) is 1. The van der Waals surface area contributed by atoms with E-state index in [0.717, 1.165) is 25.9 Å². The molecule has 0 aliphatic carbocycles. The second-order valence-electron chi connectivity index (χ2n) is 2.73. The predicted octanol–water partition coefficient (Wildman–Crippen LogP) is 0.286. The number of hydrogen-bond donors (Lipinski definition) is 1. The van der Waals surface area contributed by atoms with E-state index in [0.29, 0.717) is 0 Å². The summed E-state index contributed by atoms with van der Waals surface area (Å²) in [6.07, 6.45) is 5.21. The van der Waals surface area contributed by atoms with Crippen LogP contribution in [0.5, 0.6) is 0 Å². The molecule has 13 heavy (non-hydrogen) atoms. The molecular formula is C9H16N2O2. The number of nitrogens with zero attached hydrogens (tertiary/aromatic N) is 1. The lowest BCUT2D eigenvalue weighted by molar-refractivity contribution is -0.126. The fourth-order valence-corrected chi connectivity index (χ4v) is 1.24. The summed E-state index contributed by atoms with van der Waals surface area (Å²) in [5.74, 6) is 0.0831. The van der Waals surface area contributed by atoms with Gasteiger partial charge in [-0.25, -0.2) is 0 Å². The van der Waals surface area contributed by atoms with Gasteiger partial charge in [0.25, 0.3) is 0 Å². The van der Waals surface area contributed by atoms with E-state index in [4.69, 9.17) is 4.79 Å². The van der Waals surface area contributed by atoms with E-state index in [9.17, 15) is 4.79 Å². The average Bonchev–Trinajstić information content (AvgIpc) is 2.19. The van der Waals surface area contributed by atoms with E-state index in [-0.39, 0.29) is 12.3 Å². The second kappa shape index (κ2) is 7.34. The Hall–Kier alpha value is -1.32. The minimum atomic E-state index is 0.0831. The van der Waals surface area contributed by atoms with E-state index >= 15 is 0 Å². The molecule has 0 atom stereocenters. The monoisotopic (exact) mass is 184 g/mol. The van der Waals surface area contributed by atoms with Gasteiger partial charge in [0.15, 0.2) is 0 Å². The molecule has 0 aromatic rings. The molecular weight excluding hydrogens is 168 g/mol. The number of amides is 2. The van der Waals surface area contributed by atoms with Gasteiger partial charge in [0.2, 0.25) is 12.3 Å². The Kier molecular flexibility index (Phi) is 6.59. The summed E-state index contributed by atoms with van der Waals surface area (Å²) in [5.41, 5.74) is 4.17. The fraction of sp³-hybridized carbons (Fsp3) is 0.556. The Morgan fingerprint density at radius 1 is 1.31 bits per heavy atom. The van der Waals surface area contributed by atoms with E-state index in [1.807, 2.05) is 4.90 Å². The van der Waals surface area contributed by atoms with Crippen molar-refractivity contribution in [3.8, 4) is 0 Å². The van der Waals surface area contributed by atoms with E-state index in [2.05, 4.69) is 12.3 Å². The lowest BCUT2D eigenvalue weighted by Gasteiger charge is -2.25. The summed E-state index contributed by atoms with van der Waals surface area (Å²) in [6, 6.07) is 0. The van der Waals surface area contributed by atoms with Crippen LogP contribution in [0.2, 0.25) is 0 Å². The molecule has 1 heterocycles. The molecule has 0 saturated carbocycles. The van der Waals surface area contributed by atoms with Gasteiger partial charge >= 0.3 is 0 Å². The molecule has 4 nitrogen and oxygen atoms in total. The third kappa shape index (κ3) is 5.00. The zero-order valence-electron chi connectivity index (χ0n) is 7.74. The van der Waals surface area contributed by atoms with Crippen LogP contribution in [-0.4, -0.2) is 30.3 Å². The van der Waals surface area contributed by atoms with Crippen molar-refractivity contribution in [1.29, 1.82) is 0 Å². The van der Waals surface area contributed by atoms with Crippen molar-refractivity contribution >= 4 is 12.3 Å². The number of carbonyl (C=O) groups is 2. The number of hydrogen-bond acceptors (Lipinski definition) is 2. The average molecular weight is 184 g/mol. The van der Waals surface area contributed by atoms with Gasteiger partial charge in [-0.1, -0.05) is 6.58 Å². The highest BCUT2D eigenvalue weighted by Gasteiger charge is 2.12. The smallest absolute Gasteiger partial charge is 0.245 e. The highest BCUT2D eigenvalue weighted by Crippen LogP contribution is 2.08. The Morgan fingerprint density at radius 3 is 2.15 bits per heavy atom. The first-order chi connectivity index (χ1) is 6.26. The number of carbonyl (C=O) groups excluding carboxylic acids is 2. The summed E-state index contributed by atoms with van der Waals surface area (Å²) in [7, 11) is 0. The van der Waals surface area contributed by atoms with Crippen molar-refractivity contribution in [2.24, 2.45) is 5.73 Å². The van der Waals surface area contributed by atoms with Crippen LogP contribution < -0.4 is 5.73 Å². The third-order valence-electron chi connectivity index (χ3n) is 1.84. The van der Waals surface area contributed by atoms with Gasteiger partial charge in [0, 0.05) is 13.1 Å². The Labute approximate surface area is 78.4 Å². The first-order valence-corrected chi connectivity index (χ1v) is 4.33. The fourth-order valence-electron chi connectivity index (χ4n) is 1.24. The van der Waals surface area contributed by atoms with Crippen molar-refractivity contribution in [2.45, 2.75) is 19.3 Å². The lowest BCUT2D eigenvalue weighted by Crippen LogP contribution is -2.34. The van der Waals surface area contributed by atoms with Gasteiger partial charge in [0.1, 0.15) is 0 Å². The van der Waals surface area contributed by atoms with E-state index in [1.165, 1.54) is 12.5 Å². The van der Waals surface area contributed by atoms with Crippen LogP contribution in [0.4, 0.5) is 0 Å². The first kappa shape index (κ1) is 11.7. The van der Waals surface area contributed by atoms with Crippen LogP contribution in [-0.2, 0) is 9.59 Å². The highest BCUT2D eigenvalue weighted by atomic mass is 16.2. The molecule has 1 rings (SSSR count). The molecule has 2 amide bonds. The zero-order valence-corrected chi connectivity index (χ0v) is 7.74. The number of likely N-dealkylation sites (tertiary alicyclic amines) is 1. The second-order valence-corrected chi connectivity index (χ2v) is 2.73. The summed E-state index contributed by atoms with van der Waals surface area (Å²) in [4.78, 5) is 21.4. The number of primary amides is 1. The van der Waals surface area contributed by atoms with Gasteiger partial charge in [-0.3, -0.25) is 9.59 Å². The third-order valence-corrected chi connectivity index (χ3v) is 1.84. The summed E-state index contributed by atoms with van der Waals surface area (Å²) >= 11 is 0. The molecule has 74 valence electrons. The molecule has 0 radical (unpaired) electrons. The highest BCUT2D eigenvalue weighted by molar-refractivity contribution is 5.86. The maximum Gasteiger partial charge on any atom is 0.245 e. The maximum absolute atomic E-state index is 11.0. The van der Waals surface area contributed by atoms with Crippen molar-refractivity contribution in [1.82, 2.24) is 4.90 Å². The van der Waals surface area contributed by atoms with Gasteiger partial charge < -0.3 is 10.6 Å².